The molecule has 0 aromatic rings. The molecule has 0 aliphatic heterocycles. The summed E-state index contributed by atoms with van der Waals surface area (Å²) in [6.07, 6.45) is 69.3. The van der Waals surface area contributed by atoms with Gasteiger partial charge in [-0.3, -0.25) is 37.3 Å². The molecule has 0 radical (unpaired) electrons. The van der Waals surface area contributed by atoms with Crippen LogP contribution >= 0.6 is 15.6 Å². The zero-order chi connectivity index (χ0) is 78.6. The monoisotopic (exact) mass is 1560 g/mol. The third-order valence-corrected chi connectivity index (χ3v) is 22.5. The van der Waals surface area contributed by atoms with Crippen LogP contribution in [0, 0.1) is 17.8 Å². The minimum Gasteiger partial charge on any atom is -0.462 e. The predicted molar refractivity (Wildman–Crippen MR) is 441 cm³/mol. The van der Waals surface area contributed by atoms with Gasteiger partial charge in [-0.05, 0) is 43.4 Å². The molecular formula is C88H172O17P2. The molecule has 3 N–H and O–H groups in total. The van der Waals surface area contributed by atoms with Crippen LogP contribution in [0.4, 0.5) is 0 Å². The summed E-state index contributed by atoms with van der Waals surface area (Å²) in [5.41, 5.74) is 0. The lowest BCUT2D eigenvalue weighted by Gasteiger charge is -2.21. The fourth-order valence-corrected chi connectivity index (χ4v) is 15.3. The van der Waals surface area contributed by atoms with Crippen LogP contribution in [0.25, 0.3) is 0 Å². The third kappa shape index (κ3) is 81.9. The Morgan fingerprint density at radius 1 is 0.252 bits per heavy atom. The molecule has 0 saturated carbocycles. The van der Waals surface area contributed by atoms with Crippen LogP contribution in [0.3, 0.4) is 0 Å². The Labute approximate surface area is 658 Å². The van der Waals surface area contributed by atoms with Gasteiger partial charge in [-0.1, -0.05) is 414 Å². The molecule has 5 atom stereocenters. The SMILES string of the molecule is CCCCCCCCCCCCCCC(=O)OC[C@H](COP(=O)(O)OC[C@H](O)COP(=O)(O)OC[C@@H](COC(=O)CCCCCCCCCCCCCCCCC(C)C)OC(=O)CCCCCCCCCCCCCCCCCCCCC(C)C)OC(=O)CCCCCCCCCCCCCCCCC(C)C. The topological polar surface area (TPSA) is 237 Å². The number of carbonyl (C=O) groups excluding carboxylic acids is 4. The smallest absolute Gasteiger partial charge is 0.462 e. The predicted octanol–water partition coefficient (Wildman–Crippen LogP) is 26.9. The van der Waals surface area contributed by atoms with Gasteiger partial charge >= 0.3 is 39.5 Å². The second-order valence-corrected chi connectivity index (χ2v) is 36.0. The van der Waals surface area contributed by atoms with Gasteiger partial charge in [0.15, 0.2) is 12.2 Å². The van der Waals surface area contributed by atoms with Gasteiger partial charge in [0, 0.05) is 25.7 Å². The van der Waals surface area contributed by atoms with Crippen molar-refractivity contribution in [3.05, 3.63) is 0 Å². The Bertz CT molecular complexity index is 2060. The highest BCUT2D eigenvalue weighted by Gasteiger charge is 2.31. The molecule has 0 aromatic heterocycles. The van der Waals surface area contributed by atoms with E-state index >= 15 is 0 Å². The molecule has 0 saturated heterocycles. The van der Waals surface area contributed by atoms with E-state index in [4.69, 9.17) is 37.0 Å². The molecule has 19 heteroatoms. The minimum atomic E-state index is -4.97. The molecule has 0 rings (SSSR count). The van der Waals surface area contributed by atoms with Gasteiger partial charge in [-0.25, -0.2) is 9.13 Å². The number of phosphoric acid groups is 2. The van der Waals surface area contributed by atoms with E-state index in [0.717, 1.165) is 108 Å². The molecule has 0 amide bonds. The number of ether oxygens (including phenoxy) is 4. The molecule has 0 heterocycles. The summed E-state index contributed by atoms with van der Waals surface area (Å²) in [5.74, 6) is 0.315. The Hall–Kier alpha value is -1.94. The number of hydrogen-bond donors (Lipinski definition) is 3. The molecule has 0 aliphatic rings. The molecule has 0 aliphatic carbocycles. The quantitative estimate of drug-likeness (QED) is 0.0222. The maximum absolute atomic E-state index is 13.2. The fourth-order valence-electron chi connectivity index (χ4n) is 13.7. The van der Waals surface area contributed by atoms with Crippen molar-refractivity contribution in [2.75, 3.05) is 39.6 Å². The molecule has 107 heavy (non-hydrogen) atoms. The largest absolute Gasteiger partial charge is 0.472 e. The molecule has 0 fully saturated rings. The van der Waals surface area contributed by atoms with E-state index in [2.05, 4.69) is 48.5 Å². The zero-order valence-corrected chi connectivity index (χ0v) is 72.4. The summed E-state index contributed by atoms with van der Waals surface area (Å²) in [7, 11) is -9.93. The normalized spacial score (nSPS) is 13.8. The van der Waals surface area contributed by atoms with Crippen molar-refractivity contribution in [1.82, 2.24) is 0 Å². The molecule has 0 aromatic carbocycles. The van der Waals surface area contributed by atoms with E-state index < -0.39 is 97.5 Å². The number of hydrogen-bond acceptors (Lipinski definition) is 15. The van der Waals surface area contributed by atoms with E-state index in [1.54, 1.807) is 0 Å². The summed E-state index contributed by atoms with van der Waals surface area (Å²) < 4.78 is 69.0. The van der Waals surface area contributed by atoms with Crippen LogP contribution in [-0.2, 0) is 65.4 Å². The molecule has 17 nitrogen and oxygen atoms in total. The summed E-state index contributed by atoms with van der Waals surface area (Å²) in [6, 6.07) is 0. The minimum absolute atomic E-state index is 0.108. The average molecular weight is 1560 g/mol. The van der Waals surface area contributed by atoms with E-state index in [0.29, 0.717) is 25.7 Å². The standard InChI is InChI=1S/C88H172O17P2/c1-8-9-10-11-12-13-14-34-41-48-55-62-69-85(90)98-75-83(104-88(93)72-65-58-51-44-37-30-24-22-27-33-40-47-54-61-68-81(6)7)77-102-106(94,95)100-73-82(89)74-101-107(96,97)103-78-84(76-99-86(91)70-63-56-49-42-35-28-23-21-26-32-39-46-53-60-67-80(4)5)105-87(92)71-64-57-50-43-36-29-20-18-16-15-17-19-25-31-38-45-52-59-66-79(2)3/h79-84,89H,8-78H2,1-7H3,(H,94,95)(H,96,97)/t82-,83+,84+/m0/s1. The molecular weight excluding hydrogens is 1390 g/mol. The van der Waals surface area contributed by atoms with Crippen LogP contribution in [-0.4, -0.2) is 96.7 Å². The average Bonchev–Trinajstić information content (AvgIpc) is 0.903. The van der Waals surface area contributed by atoms with Crippen molar-refractivity contribution in [3.8, 4) is 0 Å². The molecule has 0 bridgehead atoms. The van der Waals surface area contributed by atoms with E-state index in [1.165, 1.54) is 276 Å². The van der Waals surface area contributed by atoms with Gasteiger partial charge in [0.25, 0.3) is 0 Å². The zero-order valence-electron chi connectivity index (χ0n) is 70.6. The summed E-state index contributed by atoms with van der Waals surface area (Å²) >= 11 is 0. The van der Waals surface area contributed by atoms with E-state index in [1.807, 2.05) is 0 Å². The summed E-state index contributed by atoms with van der Waals surface area (Å²) in [4.78, 5) is 73.3. The van der Waals surface area contributed by atoms with Crippen molar-refractivity contribution in [3.63, 3.8) is 0 Å². The Morgan fingerprint density at radius 2 is 0.430 bits per heavy atom. The van der Waals surface area contributed by atoms with Gasteiger partial charge in [-0.15, -0.1) is 0 Å². The third-order valence-electron chi connectivity index (χ3n) is 20.6. The Morgan fingerprint density at radius 3 is 0.636 bits per heavy atom. The van der Waals surface area contributed by atoms with E-state index in [-0.39, 0.29) is 25.7 Å². The number of carbonyl (C=O) groups is 4. The van der Waals surface area contributed by atoms with Crippen molar-refractivity contribution in [2.45, 2.75) is 484 Å². The van der Waals surface area contributed by atoms with Crippen molar-refractivity contribution < 1.29 is 80.2 Å². The van der Waals surface area contributed by atoms with Gasteiger partial charge < -0.3 is 33.8 Å². The highest BCUT2D eigenvalue weighted by Crippen LogP contribution is 2.45. The van der Waals surface area contributed by atoms with Gasteiger partial charge in [-0.2, -0.15) is 0 Å². The van der Waals surface area contributed by atoms with Gasteiger partial charge in [0.05, 0.1) is 26.4 Å². The first-order chi connectivity index (χ1) is 51.7. The second-order valence-electron chi connectivity index (χ2n) is 33.1. The van der Waals surface area contributed by atoms with E-state index in [9.17, 15) is 43.2 Å². The maximum atomic E-state index is 13.2. The first-order valence-corrected chi connectivity index (χ1v) is 48.3. The van der Waals surface area contributed by atoms with Crippen molar-refractivity contribution in [2.24, 2.45) is 17.8 Å². The molecule has 0 spiro atoms. The lowest BCUT2D eigenvalue weighted by atomic mass is 10.0. The number of unbranched alkanes of at least 4 members (excludes halogenated alkanes) is 54. The van der Waals surface area contributed by atoms with Crippen LogP contribution < -0.4 is 0 Å². The Kier molecular flexibility index (Phi) is 76.6. The number of aliphatic hydroxyl groups excluding tert-OH is 1. The van der Waals surface area contributed by atoms with Crippen LogP contribution in [0.5, 0.6) is 0 Å². The highest BCUT2D eigenvalue weighted by atomic mass is 31.2. The number of phosphoric ester groups is 2. The summed E-state index contributed by atoms with van der Waals surface area (Å²) in [5, 5.41) is 10.7. The lowest BCUT2D eigenvalue weighted by molar-refractivity contribution is -0.161. The number of aliphatic hydroxyl groups is 1. The second kappa shape index (κ2) is 78.0. The first kappa shape index (κ1) is 105. The Balaban J connectivity index is 5.25. The maximum Gasteiger partial charge on any atom is 0.472 e. The van der Waals surface area contributed by atoms with Crippen LogP contribution in [0.15, 0.2) is 0 Å². The van der Waals surface area contributed by atoms with Gasteiger partial charge in [0.1, 0.15) is 19.3 Å². The first-order valence-electron chi connectivity index (χ1n) is 45.3. The van der Waals surface area contributed by atoms with Crippen molar-refractivity contribution in [1.29, 1.82) is 0 Å². The lowest BCUT2D eigenvalue weighted by Crippen LogP contribution is -2.30. The number of rotatable bonds is 86. The van der Waals surface area contributed by atoms with Gasteiger partial charge in [0.2, 0.25) is 0 Å². The molecule has 636 valence electrons. The highest BCUT2D eigenvalue weighted by molar-refractivity contribution is 7.47. The van der Waals surface area contributed by atoms with Crippen molar-refractivity contribution >= 4 is 39.5 Å². The fraction of sp³-hybridized carbons (Fsp3) is 0.955. The summed E-state index contributed by atoms with van der Waals surface area (Å²) in [6.45, 7) is 12.1. The van der Waals surface area contributed by atoms with Crippen LogP contribution in [0.1, 0.15) is 466 Å². The number of esters is 4. The molecule has 2 unspecified atom stereocenters. The van der Waals surface area contributed by atoms with Crippen LogP contribution in [0.2, 0.25) is 0 Å².